The van der Waals surface area contributed by atoms with Gasteiger partial charge in [0.15, 0.2) is 0 Å². The molecular weight excluding hydrogens is 245 g/mol. The summed E-state index contributed by atoms with van der Waals surface area (Å²) >= 11 is 0. The second-order valence-corrected chi connectivity index (χ2v) is 6.17. The van der Waals surface area contributed by atoms with Crippen LogP contribution in [0.5, 0.6) is 0 Å². The Morgan fingerprint density at radius 1 is 1.29 bits per heavy atom. The van der Waals surface area contributed by atoms with Crippen molar-refractivity contribution in [2.24, 2.45) is 5.92 Å². The maximum absolute atomic E-state index is 11.2. The molecule has 0 aliphatic heterocycles. The molecule has 0 bridgehead atoms. The molecule has 17 heavy (non-hydrogen) atoms. The first-order valence-electron chi connectivity index (χ1n) is 5.50. The van der Waals surface area contributed by atoms with E-state index in [1.54, 1.807) is 0 Å². The van der Waals surface area contributed by atoms with E-state index in [1.165, 1.54) is 4.90 Å². The number of hydrogen-bond acceptors (Lipinski definition) is 6. The number of hydrogen-bond donors (Lipinski definition) is 2. The summed E-state index contributed by atoms with van der Waals surface area (Å²) in [6, 6.07) is -0.364. The van der Waals surface area contributed by atoms with E-state index in [-0.39, 0.29) is 38.1 Å². The van der Waals surface area contributed by atoms with Crippen molar-refractivity contribution in [1.29, 1.82) is 0 Å². The van der Waals surface area contributed by atoms with Gasteiger partial charge in [0.25, 0.3) is 0 Å². The van der Waals surface area contributed by atoms with Crippen LogP contribution in [0, 0.1) is 5.92 Å². The van der Waals surface area contributed by atoms with Crippen molar-refractivity contribution < 1.29 is 23.3 Å². The van der Waals surface area contributed by atoms with Crippen molar-refractivity contribution in [3.05, 3.63) is 0 Å². The first-order chi connectivity index (χ1) is 7.86. The Labute approximate surface area is 103 Å². The van der Waals surface area contributed by atoms with E-state index in [9.17, 15) is 18.2 Å². The van der Waals surface area contributed by atoms with Gasteiger partial charge in [-0.2, -0.15) is 0 Å². The molecule has 0 aliphatic rings. The average Bonchev–Trinajstić information content (AvgIpc) is 2.25. The number of aliphatic hydroxyl groups excluding tert-OH is 2. The molecule has 0 aromatic heterocycles. The van der Waals surface area contributed by atoms with E-state index in [1.807, 2.05) is 13.8 Å². The summed E-state index contributed by atoms with van der Waals surface area (Å²) in [7, 11) is -3.81. The summed E-state index contributed by atoms with van der Waals surface area (Å²) in [6.07, 6.45) is 0.506. The molecule has 0 radical (unpaired) electrons. The topological polar surface area (TPSA) is 94.9 Å². The Hall–Kier alpha value is -0.305. The Morgan fingerprint density at radius 2 is 1.88 bits per heavy atom. The Morgan fingerprint density at radius 3 is 2.24 bits per heavy atom. The van der Waals surface area contributed by atoms with Crippen LogP contribution in [-0.2, 0) is 14.4 Å². The molecule has 0 amide bonds. The molecule has 0 spiro atoms. The van der Waals surface area contributed by atoms with Crippen molar-refractivity contribution in [3.63, 3.8) is 0 Å². The van der Waals surface area contributed by atoms with Gasteiger partial charge in [-0.25, -0.2) is 0 Å². The molecule has 0 rings (SSSR count). The summed E-state index contributed by atoms with van der Waals surface area (Å²) in [5, 5.41) is 18.1. The zero-order valence-corrected chi connectivity index (χ0v) is 11.1. The number of aliphatic hydroxyl groups is 2. The van der Waals surface area contributed by atoms with Gasteiger partial charge in [0.2, 0.25) is 0 Å². The van der Waals surface area contributed by atoms with Crippen LogP contribution in [0.1, 0.15) is 20.3 Å². The van der Waals surface area contributed by atoms with Crippen molar-refractivity contribution in [1.82, 2.24) is 4.90 Å². The molecular formula is C9H20BNO5S. The minimum absolute atomic E-state index is 0.0960. The quantitative estimate of drug-likeness (QED) is 0.520. The van der Waals surface area contributed by atoms with Crippen molar-refractivity contribution in [3.8, 4) is 0 Å². The molecule has 0 saturated heterocycles. The van der Waals surface area contributed by atoms with Crippen LogP contribution >= 0.6 is 0 Å². The van der Waals surface area contributed by atoms with Crippen LogP contribution in [0.15, 0.2) is 0 Å². The average molecular weight is 265 g/mol. The van der Waals surface area contributed by atoms with Gasteiger partial charge < -0.3 is 0 Å². The van der Waals surface area contributed by atoms with Crippen molar-refractivity contribution >= 4 is 16.1 Å². The van der Waals surface area contributed by atoms with Crippen LogP contribution < -0.4 is 0 Å². The van der Waals surface area contributed by atoms with Crippen LogP contribution in [0.4, 0.5) is 0 Å². The predicted octanol–water partition coefficient (Wildman–Crippen LogP) is -0.975. The fourth-order valence-corrected chi connectivity index (χ4v) is 2.49. The SMILES string of the molecule is CC(C)CC(CO)N(CCO)CS(=O)(=O)B=O. The second kappa shape index (κ2) is 7.91. The van der Waals surface area contributed by atoms with E-state index in [0.717, 1.165) is 0 Å². The molecule has 1 atom stereocenters. The molecule has 6 nitrogen and oxygen atoms in total. The maximum atomic E-state index is 11.2. The van der Waals surface area contributed by atoms with Crippen LogP contribution in [-0.4, -0.2) is 61.6 Å². The van der Waals surface area contributed by atoms with Crippen LogP contribution in [0.25, 0.3) is 0 Å². The first-order valence-corrected chi connectivity index (χ1v) is 7.21. The molecule has 0 fully saturated rings. The Kier molecular flexibility index (Phi) is 7.77. The first kappa shape index (κ1) is 16.7. The predicted molar refractivity (Wildman–Crippen MR) is 64.3 cm³/mol. The third-order valence-electron chi connectivity index (χ3n) is 2.35. The van der Waals surface area contributed by atoms with Gasteiger partial charge in [0.05, 0.1) is 0 Å². The third-order valence-corrected chi connectivity index (χ3v) is 3.33. The van der Waals surface area contributed by atoms with E-state index in [0.29, 0.717) is 6.42 Å². The van der Waals surface area contributed by atoms with Crippen LogP contribution in [0.2, 0.25) is 0 Å². The van der Waals surface area contributed by atoms with E-state index in [2.05, 4.69) is 0 Å². The molecule has 0 aromatic carbocycles. The molecule has 0 heterocycles. The molecule has 100 valence electrons. The van der Waals surface area contributed by atoms with Gasteiger partial charge in [-0.1, -0.05) is 0 Å². The normalized spacial score (nSPS) is 14.0. The van der Waals surface area contributed by atoms with Gasteiger partial charge in [-0.3, -0.25) is 0 Å². The molecule has 0 saturated carbocycles. The standard InChI is InChI=1S/C9H20BNO5S/c1-8(2)5-9(6-13)11(3-4-12)7-17(15,16)10-14/h8-9,12-13H,3-7H2,1-2H3. The van der Waals surface area contributed by atoms with Gasteiger partial charge in [-0.15, -0.1) is 0 Å². The Balaban J connectivity index is 4.74. The second-order valence-electron chi connectivity index (χ2n) is 4.39. The third kappa shape index (κ3) is 6.87. The molecule has 2 N–H and O–H groups in total. The molecule has 1 unspecified atom stereocenters. The monoisotopic (exact) mass is 265 g/mol. The number of nitrogens with zero attached hydrogens (tertiary/aromatic N) is 1. The van der Waals surface area contributed by atoms with Crippen molar-refractivity contribution in [2.45, 2.75) is 26.3 Å². The molecule has 0 aromatic rings. The zero-order valence-electron chi connectivity index (χ0n) is 10.2. The van der Waals surface area contributed by atoms with E-state index in [4.69, 9.17) is 5.11 Å². The van der Waals surface area contributed by atoms with Crippen molar-refractivity contribution in [2.75, 3.05) is 25.6 Å². The zero-order chi connectivity index (χ0) is 13.5. The summed E-state index contributed by atoms with van der Waals surface area (Å²) in [5.74, 6) is -0.179. The Bertz CT molecular complexity index is 319. The van der Waals surface area contributed by atoms with Gasteiger partial charge in [0.1, 0.15) is 0 Å². The molecule has 0 aliphatic carbocycles. The molecule has 8 heteroatoms. The van der Waals surface area contributed by atoms with Gasteiger partial charge in [-0.05, 0) is 0 Å². The van der Waals surface area contributed by atoms with Gasteiger partial charge >= 0.3 is 102 Å². The minimum atomic E-state index is -3.81. The summed E-state index contributed by atoms with van der Waals surface area (Å²) in [4.78, 5) is 1.42. The number of rotatable bonds is 9. The summed E-state index contributed by atoms with van der Waals surface area (Å²) in [6.45, 7) is 3.60. The fourth-order valence-electron chi connectivity index (χ4n) is 1.63. The van der Waals surface area contributed by atoms with E-state index >= 15 is 0 Å². The summed E-state index contributed by atoms with van der Waals surface area (Å²) in [5.41, 5.74) is 0. The summed E-state index contributed by atoms with van der Waals surface area (Å²) < 4.78 is 32.8. The van der Waals surface area contributed by atoms with E-state index < -0.39 is 15.6 Å². The van der Waals surface area contributed by atoms with Gasteiger partial charge in [0, 0.05) is 0 Å². The van der Waals surface area contributed by atoms with Crippen LogP contribution in [0.3, 0.4) is 0 Å². The fraction of sp³-hybridized carbons (Fsp3) is 1.00.